The van der Waals surface area contributed by atoms with Gasteiger partial charge >= 0.3 is 6.09 Å². The number of nitrogens with zero attached hydrogens (tertiary/aromatic N) is 6. The molecule has 1 aliphatic rings. The number of imidazole rings is 1. The van der Waals surface area contributed by atoms with Crippen LogP contribution in [0.1, 0.15) is 26.3 Å². The fourth-order valence-electron chi connectivity index (χ4n) is 5.64. The molecule has 0 saturated carbocycles. The number of halogens is 2. The Morgan fingerprint density at radius 3 is 2.60 bits per heavy atom. The molecule has 13 heteroatoms. The number of carbonyl (C=O) groups excluding carboxylic acids is 1. The third-order valence-electron chi connectivity index (χ3n) is 7.58. The van der Waals surface area contributed by atoms with Gasteiger partial charge in [0.25, 0.3) is 0 Å². The van der Waals surface area contributed by atoms with Gasteiger partial charge in [-0.1, -0.05) is 6.92 Å². The number of benzene rings is 1. The summed E-state index contributed by atoms with van der Waals surface area (Å²) in [5, 5.41) is 7.81. The van der Waals surface area contributed by atoms with Crippen molar-refractivity contribution < 1.29 is 23.0 Å². The smallest absolute Gasteiger partial charge is 0.409 e. The van der Waals surface area contributed by atoms with Gasteiger partial charge in [-0.05, 0) is 55.7 Å². The fourth-order valence-corrected chi connectivity index (χ4v) is 5.64. The van der Waals surface area contributed by atoms with E-state index in [1.807, 2.05) is 26.8 Å². The first-order valence-corrected chi connectivity index (χ1v) is 14.0. The average Bonchev–Trinajstić information content (AvgIpc) is 3.37. The van der Waals surface area contributed by atoms with Crippen LogP contribution in [0.15, 0.2) is 48.9 Å². The summed E-state index contributed by atoms with van der Waals surface area (Å²) in [6, 6.07) is 7.12. The number of hydrogen-bond acceptors (Lipinski definition) is 9. The second kappa shape index (κ2) is 12.5. The van der Waals surface area contributed by atoms with E-state index in [2.05, 4.69) is 25.3 Å². The standard InChI is InChI=1S/C30H36F2N8O3/c1-17(2)43-16-19-10-21(31)27(22(32)11-19)24-7-6-20-12-35-29(40(20)37-24)36-25-13-34-9-8-26(25)39-14-18(3)28(23(33)15-39)38(4)30(41)42-5/h6-13,17-18,23,28H,14-16,33H2,1-5H3,(H,35,36). The van der Waals surface area contributed by atoms with Crippen LogP contribution in [0.5, 0.6) is 0 Å². The van der Waals surface area contributed by atoms with Gasteiger partial charge < -0.3 is 30.3 Å². The van der Waals surface area contributed by atoms with Gasteiger partial charge in [-0.2, -0.15) is 9.61 Å². The number of nitrogens with two attached hydrogens (primary N) is 1. The molecule has 3 aromatic heterocycles. The van der Waals surface area contributed by atoms with E-state index in [4.69, 9.17) is 15.2 Å². The van der Waals surface area contributed by atoms with Crippen LogP contribution in [0.4, 0.5) is 30.9 Å². The van der Waals surface area contributed by atoms with Crippen molar-refractivity contribution >= 4 is 28.9 Å². The zero-order valence-corrected chi connectivity index (χ0v) is 24.8. The number of methoxy groups -OCH3 is 1. The van der Waals surface area contributed by atoms with E-state index in [1.165, 1.54) is 23.8 Å². The molecule has 43 heavy (non-hydrogen) atoms. The van der Waals surface area contributed by atoms with E-state index < -0.39 is 17.7 Å². The highest BCUT2D eigenvalue weighted by Crippen LogP contribution is 2.33. The second-order valence-corrected chi connectivity index (χ2v) is 11.1. The lowest BCUT2D eigenvalue weighted by Crippen LogP contribution is -2.62. The SMILES string of the molecule is COC(=O)N(C)C1C(C)CN(c2ccncc2Nc2ncc3ccc(-c4c(F)cc(COC(C)C)cc4F)nn23)CC1N. The summed E-state index contributed by atoms with van der Waals surface area (Å²) >= 11 is 0. The minimum atomic E-state index is -0.731. The number of piperidine rings is 1. The monoisotopic (exact) mass is 594 g/mol. The summed E-state index contributed by atoms with van der Waals surface area (Å²) in [7, 11) is 3.04. The van der Waals surface area contributed by atoms with E-state index in [1.54, 1.807) is 42.7 Å². The quantitative estimate of drug-likeness (QED) is 0.302. The van der Waals surface area contributed by atoms with Crippen molar-refractivity contribution in [1.82, 2.24) is 24.5 Å². The predicted octanol–water partition coefficient (Wildman–Crippen LogP) is 4.59. The van der Waals surface area contributed by atoms with Gasteiger partial charge in [0.05, 0.1) is 66.4 Å². The van der Waals surface area contributed by atoms with Crippen LogP contribution in [-0.2, 0) is 16.1 Å². The van der Waals surface area contributed by atoms with Crippen LogP contribution in [0.25, 0.3) is 16.8 Å². The fraction of sp³-hybridized carbons (Fsp3) is 0.400. The summed E-state index contributed by atoms with van der Waals surface area (Å²) in [4.78, 5) is 24.6. The Kier molecular flexibility index (Phi) is 8.74. The Morgan fingerprint density at radius 2 is 1.93 bits per heavy atom. The van der Waals surface area contributed by atoms with Gasteiger partial charge in [0.2, 0.25) is 5.95 Å². The summed E-state index contributed by atoms with van der Waals surface area (Å²) in [6.45, 7) is 6.96. The molecule has 5 rings (SSSR count). The van der Waals surface area contributed by atoms with E-state index in [0.29, 0.717) is 35.8 Å². The number of fused-ring (bicyclic) bond motifs is 1. The molecule has 11 nitrogen and oxygen atoms in total. The van der Waals surface area contributed by atoms with Crippen molar-refractivity contribution in [1.29, 1.82) is 0 Å². The first kappa shape index (κ1) is 30.1. The van der Waals surface area contributed by atoms with Gasteiger partial charge in [-0.15, -0.1) is 0 Å². The lowest BCUT2D eigenvalue weighted by atomic mass is 9.89. The minimum Gasteiger partial charge on any atom is -0.453 e. The minimum absolute atomic E-state index is 0.0402. The van der Waals surface area contributed by atoms with Crippen molar-refractivity contribution in [3.8, 4) is 11.3 Å². The van der Waals surface area contributed by atoms with Crippen molar-refractivity contribution in [2.75, 3.05) is 37.5 Å². The zero-order chi connectivity index (χ0) is 30.8. The van der Waals surface area contributed by atoms with Crippen molar-refractivity contribution in [2.45, 2.75) is 45.6 Å². The maximum Gasteiger partial charge on any atom is 0.409 e. The van der Waals surface area contributed by atoms with Gasteiger partial charge in [0, 0.05) is 32.4 Å². The van der Waals surface area contributed by atoms with Crippen LogP contribution in [0.2, 0.25) is 0 Å². The van der Waals surface area contributed by atoms with E-state index in [9.17, 15) is 4.79 Å². The lowest BCUT2D eigenvalue weighted by molar-refractivity contribution is 0.0654. The summed E-state index contributed by atoms with van der Waals surface area (Å²) < 4.78 is 42.1. The molecule has 0 aliphatic carbocycles. The first-order valence-electron chi connectivity index (χ1n) is 14.0. The molecule has 1 saturated heterocycles. The normalized spacial score (nSPS) is 18.7. The van der Waals surface area contributed by atoms with Crippen molar-refractivity contribution in [2.24, 2.45) is 11.7 Å². The zero-order valence-electron chi connectivity index (χ0n) is 24.8. The molecule has 3 N–H and O–H groups in total. The third-order valence-corrected chi connectivity index (χ3v) is 7.58. The molecule has 4 aromatic rings. The van der Waals surface area contributed by atoms with Gasteiger partial charge in [0.1, 0.15) is 11.6 Å². The number of anilines is 3. The predicted molar refractivity (Wildman–Crippen MR) is 159 cm³/mol. The Labute approximate surface area is 248 Å². The Balaban J connectivity index is 1.41. The number of amides is 1. The average molecular weight is 595 g/mol. The summed E-state index contributed by atoms with van der Waals surface area (Å²) in [5.41, 5.74) is 8.95. The Hall–Kier alpha value is -4.36. The topological polar surface area (TPSA) is 123 Å². The number of aromatic nitrogens is 4. The molecule has 4 heterocycles. The number of carbonyl (C=O) groups is 1. The van der Waals surface area contributed by atoms with E-state index in [-0.39, 0.29) is 42.0 Å². The first-order chi connectivity index (χ1) is 20.6. The molecule has 3 atom stereocenters. The molecule has 1 aliphatic heterocycles. The van der Waals surface area contributed by atoms with Crippen molar-refractivity contribution in [3.05, 3.63) is 66.1 Å². The Morgan fingerprint density at radius 1 is 1.19 bits per heavy atom. The van der Waals surface area contributed by atoms with Crippen LogP contribution in [0, 0.1) is 17.6 Å². The van der Waals surface area contributed by atoms with Crippen LogP contribution in [0.3, 0.4) is 0 Å². The number of nitrogens with one attached hydrogen (secondary N) is 1. The lowest BCUT2D eigenvalue weighted by Gasteiger charge is -2.45. The van der Waals surface area contributed by atoms with Gasteiger partial charge in [-0.25, -0.2) is 18.6 Å². The molecule has 228 valence electrons. The van der Waals surface area contributed by atoms with E-state index in [0.717, 1.165) is 5.69 Å². The number of pyridine rings is 1. The molecular weight excluding hydrogens is 558 g/mol. The molecule has 1 aromatic carbocycles. The third kappa shape index (κ3) is 6.22. The molecule has 0 spiro atoms. The molecular formula is C30H36F2N8O3. The molecule has 1 amide bonds. The maximum atomic E-state index is 15.1. The highest BCUT2D eigenvalue weighted by molar-refractivity contribution is 5.74. The molecule has 3 unspecified atom stereocenters. The largest absolute Gasteiger partial charge is 0.453 e. The number of hydrogen-bond donors (Lipinski definition) is 2. The molecule has 1 fully saturated rings. The highest BCUT2D eigenvalue weighted by atomic mass is 19.1. The second-order valence-electron chi connectivity index (χ2n) is 11.1. The van der Waals surface area contributed by atoms with Gasteiger partial charge in [0.15, 0.2) is 0 Å². The Bertz CT molecular complexity index is 1580. The highest BCUT2D eigenvalue weighted by Gasteiger charge is 2.38. The summed E-state index contributed by atoms with van der Waals surface area (Å²) in [5.74, 6) is -1.08. The van der Waals surface area contributed by atoms with Gasteiger partial charge in [-0.3, -0.25) is 4.98 Å². The number of ether oxygens (including phenoxy) is 2. The van der Waals surface area contributed by atoms with E-state index >= 15 is 8.78 Å². The van der Waals surface area contributed by atoms with Crippen LogP contribution < -0.4 is 16.0 Å². The number of rotatable bonds is 8. The summed E-state index contributed by atoms with van der Waals surface area (Å²) in [6.07, 6.45) is 4.47. The van der Waals surface area contributed by atoms with Crippen molar-refractivity contribution in [3.63, 3.8) is 0 Å². The maximum absolute atomic E-state index is 15.1. The van der Waals surface area contributed by atoms with Crippen LogP contribution >= 0.6 is 0 Å². The number of likely N-dealkylation sites (N-methyl/N-ethyl adjacent to an activating group) is 1. The molecule has 0 radical (unpaired) electrons. The molecule has 0 bridgehead atoms. The van der Waals surface area contributed by atoms with Crippen LogP contribution in [-0.4, -0.2) is 76.0 Å².